The molecule has 0 saturated carbocycles. The number of nitrogens with zero attached hydrogens (tertiary/aromatic N) is 2. The van der Waals surface area contributed by atoms with Gasteiger partial charge < -0.3 is 9.88 Å². The second-order valence-corrected chi connectivity index (χ2v) is 5.60. The minimum absolute atomic E-state index is 0.0593. The molecule has 2 aromatic heterocycles. The van der Waals surface area contributed by atoms with Crippen LogP contribution in [0, 0.1) is 0 Å². The molecule has 4 heteroatoms. The summed E-state index contributed by atoms with van der Waals surface area (Å²) in [7, 11) is 0. The van der Waals surface area contributed by atoms with Gasteiger partial charge in [-0.1, -0.05) is 12.1 Å². The molecule has 1 amide bonds. The van der Waals surface area contributed by atoms with Crippen molar-refractivity contribution >= 4 is 16.8 Å². The van der Waals surface area contributed by atoms with Gasteiger partial charge in [-0.05, 0) is 43.7 Å². The minimum atomic E-state index is -0.0593. The smallest absolute Gasteiger partial charge is 0.252 e. The number of aromatic nitrogens is 2. The third kappa shape index (κ3) is 2.72. The van der Waals surface area contributed by atoms with Gasteiger partial charge in [0.05, 0.1) is 0 Å². The zero-order chi connectivity index (χ0) is 15.5. The number of amides is 1. The Hall–Kier alpha value is -2.62. The van der Waals surface area contributed by atoms with Crippen molar-refractivity contribution in [3.63, 3.8) is 0 Å². The van der Waals surface area contributed by atoms with Crippen LogP contribution >= 0.6 is 0 Å². The molecule has 1 N–H and O–H groups in total. The molecule has 0 saturated heterocycles. The highest BCUT2D eigenvalue weighted by Crippen LogP contribution is 2.23. The van der Waals surface area contributed by atoms with Gasteiger partial charge in [-0.25, -0.2) is 0 Å². The number of hydrogen-bond acceptors (Lipinski definition) is 2. The normalized spacial score (nSPS) is 11.0. The summed E-state index contributed by atoms with van der Waals surface area (Å²) in [5.41, 5.74) is 2.78. The zero-order valence-electron chi connectivity index (χ0n) is 12.8. The molecular weight excluding hydrogens is 274 g/mol. The monoisotopic (exact) mass is 293 g/mol. The van der Waals surface area contributed by atoms with E-state index in [0.717, 1.165) is 16.5 Å². The Labute approximate surface area is 129 Å². The van der Waals surface area contributed by atoms with E-state index in [2.05, 4.69) is 28.7 Å². The highest BCUT2D eigenvalue weighted by molar-refractivity contribution is 6.06. The molecule has 0 aliphatic heterocycles. The van der Waals surface area contributed by atoms with Crippen LogP contribution in [0.25, 0.3) is 10.9 Å². The van der Waals surface area contributed by atoms with E-state index in [0.29, 0.717) is 18.2 Å². The summed E-state index contributed by atoms with van der Waals surface area (Å²) in [5, 5.41) is 3.94. The number of benzene rings is 1. The second kappa shape index (κ2) is 6.02. The Morgan fingerprint density at radius 3 is 2.82 bits per heavy atom. The first-order chi connectivity index (χ1) is 10.7. The van der Waals surface area contributed by atoms with Crippen LogP contribution in [0.3, 0.4) is 0 Å². The van der Waals surface area contributed by atoms with E-state index in [1.165, 1.54) is 0 Å². The average molecular weight is 293 g/mol. The highest BCUT2D eigenvalue weighted by Gasteiger charge is 2.13. The quantitative estimate of drug-likeness (QED) is 0.799. The number of pyridine rings is 1. The number of carbonyl (C=O) groups excluding carboxylic acids is 1. The number of carbonyl (C=O) groups is 1. The van der Waals surface area contributed by atoms with Crippen LogP contribution in [0.4, 0.5) is 0 Å². The fraction of sp³-hybridized carbons (Fsp3) is 0.222. The fourth-order valence-electron chi connectivity index (χ4n) is 2.62. The average Bonchev–Trinajstić information content (AvgIpc) is 2.97. The lowest BCUT2D eigenvalue weighted by atomic mass is 10.1. The van der Waals surface area contributed by atoms with Crippen LogP contribution < -0.4 is 5.32 Å². The third-order valence-corrected chi connectivity index (χ3v) is 3.74. The predicted molar refractivity (Wildman–Crippen MR) is 87.7 cm³/mol. The van der Waals surface area contributed by atoms with Gasteiger partial charge in [0.2, 0.25) is 0 Å². The molecule has 0 spiro atoms. The van der Waals surface area contributed by atoms with E-state index < -0.39 is 0 Å². The molecule has 4 nitrogen and oxygen atoms in total. The van der Waals surface area contributed by atoms with E-state index in [4.69, 9.17) is 0 Å². The first-order valence-electron chi connectivity index (χ1n) is 7.43. The van der Waals surface area contributed by atoms with E-state index in [1.54, 1.807) is 12.4 Å². The van der Waals surface area contributed by atoms with Crippen molar-refractivity contribution in [2.75, 3.05) is 0 Å². The minimum Gasteiger partial charge on any atom is -0.348 e. The van der Waals surface area contributed by atoms with Crippen molar-refractivity contribution < 1.29 is 4.79 Å². The van der Waals surface area contributed by atoms with Crippen LogP contribution in [0.15, 0.2) is 55.0 Å². The molecule has 3 rings (SSSR count). The van der Waals surface area contributed by atoms with Crippen LogP contribution in [-0.4, -0.2) is 15.5 Å². The molecule has 0 fully saturated rings. The molecule has 0 bridgehead atoms. The van der Waals surface area contributed by atoms with Crippen LogP contribution in [0.5, 0.6) is 0 Å². The Bertz CT molecular complexity index is 790. The Kier molecular flexibility index (Phi) is 3.92. The third-order valence-electron chi connectivity index (χ3n) is 3.74. The van der Waals surface area contributed by atoms with E-state index in [9.17, 15) is 4.79 Å². The van der Waals surface area contributed by atoms with Crippen molar-refractivity contribution in [3.8, 4) is 0 Å². The molecular formula is C18H19N3O. The number of nitrogens with one attached hydrogen (secondary N) is 1. The molecule has 0 aliphatic rings. The van der Waals surface area contributed by atoms with Crippen LogP contribution in [0.2, 0.25) is 0 Å². The lowest BCUT2D eigenvalue weighted by Gasteiger charge is -2.10. The maximum absolute atomic E-state index is 12.5. The molecule has 22 heavy (non-hydrogen) atoms. The molecule has 0 radical (unpaired) electrons. The summed E-state index contributed by atoms with van der Waals surface area (Å²) in [5.74, 6) is -0.0593. The van der Waals surface area contributed by atoms with Crippen LogP contribution in [-0.2, 0) is 6.54 Å². The van der Waals surface area contributed by atoms with Crippen molar-refractivity contribution in [1.82, 2.24) is 14.9 Å². The van der Waals surface area contributed by atoms with Gasteiger partial charge in [0, 0.05) is 47.6 Å². The largest absolute Gasteiger partial charge is 0.348 e. The number of fused-ring (bicyclic) bond motifs is 1. The lowest BCUT2D eigenvalue weighted by Crippen LogP contribution is -2.23. The maximum atomic E-state index is 12.5. The van der Waals surface area contributed by atoms with Gasteiger partial charge in [0.1, 0.15) is 0 Å². The first kappa shape index (κ1) is 14.3. The lowest BCUT2D eigenvalue weighted by molar-refractivity contribution is 0.0952. The highest BCUT2D eigenvalue weighted by atomic mass is 16.1. The number of rotatable bonds is 4. The van der Waals surface area contributed by atoms with Gasteiger partial charge in [0.15, 0.2) is 0 Å². The topological polar surface area (TPSA) is 46.9 Å². The summed E-state index contributed by atoms with van der Waals surface area (Å²) >= 11 is 0. The molecule has 1 aromatic carbocycles. The predicted octanol–water partition coefficient (Wildman–Crippen LogP) is 3.55. The maximum Gasteiger partial charge on any atom is 0.252 e. The Morgan fingerprint density at radius 1 is 1.23 bits per heavy atom. The van der Waals surface area contributed by atoms with E-state index >= 15 is 0 Å². The van der Waals surface area contributed by atoms with Crippen molar-refractivity contribution in [3.05, 3.63) is 66.1 Å². The fourth-order valence-corrected chi connectivity index (χ4v) is 2.62. The second-order valence-electron chi connectivity index (χ2n) is 5.60. The molecule has 0 aliphatic carbocycles. The number of hydrogen-bond donors (Lipinski definition) is 1. The Balaban J connectivity index is 1.85. The molecule has 0 unspecified atom stereocenters. The van der Waals surface area contributed by atoms with E-state index in [-0.39, 0.29) is 5.91 Å². The first-order valence-corrected chi connectivity index (χ1v) is 7.43. The van der Waals surface area contributed by atoms with Gasteiger partial charge in [-0.15, -0.1) is 0 Å². The standard InChI is InChI=1S/C18H19N3O/c1-13(2)21-10-8-15-16(6-3-7-17(15)21)18(22)20-12-14-5-4-9-19-11-14/h3-11,13H,12H2,1-2H3,(H,20,22). The van der Waals surface area contributed by atoms with Gasteiger partial charge in [-0.3, -0.25) is 9.78 Å². The van der Waals surface area contributed by atoms with Crippen LogP contribution in [0.1, 0.15) is 35.8 Å². The summed E-state index contributed by atoms with van der Waals surface area (Å²) < 4.78 is 2.17. The van der Waals surface area contributed by atoms with Gasteiger partial charge in [0.25, 0.3) is 5.91 Å². The summed E-state index contributed by atoms with van der Waals surface area (Å²) in [4.78, 5) is 16.5. The Morgan fingerprint density at radius 2 is 2.09 bits per heavy atom. The summed E-state index contributed by atoms with van der Waals surface area (Å²) in [6, 6.07) is 12.0. The molecule has 0 atom stereocenters. The SMILES string of the molecule is CC(C)n1ccc2c(C(=O)NCc3cccnc3)cccc21. The molecule has 2 heterocycles. The molecule has 112 valence electrons. The van der Waals surface area contributed by atoms with Crippen molar-refractivity contribution in [2.45, 2.75) is 26.4 Å². The van der Waals surface area contributed by atoms with Crippen molar-refractivity contribution in [1.29, 1.82) is 0 Å². The van der Waals surface area contributed by atoms with Crippen molar-refractivity contribution in [2.24, 2.45) is 0 Å². The summed E-state index contributed by atoms with van der Waals surface area (Å²) in [6.07, 6.45) is 5.52. The van der Waals surface area contributed by atoms with E-state index in [1.807, 2.05) is 42.6 Å². The molecule has 3 aromatic rings. The summed E-state index contributed by atoms with van der Waals surface area (Å²) in [6.45, 7) is 4.75. The van der Waals surface area contributed by atoms with Gasteiger partial charge in [-0.2, -0.15) is 0 Å². The van der Waals surface area contributed by atoms with Gasteiger partial charge >= 0.3 is 0 Å². The zero-order valence-corrected chi connectivity index (χ0v) is 12.8.